The molecule has 19 heavy (non-hydrogen) atoms. The maximum Gasteiger partial charge on any atom is 0.331 e. The quantitative estimate of drug-likeness (QED) is 0.622. The third kappa shape index (κ3) is 4.06. The summed E-state index contributed by atoms with van der Waals surface area (Å²) in [6.07, 6.45) is 3.06. The van der Waals surface area contributed by atoms with Crippen LogP contribution in [0.4, 0.5) is 0 Å². The van der Waals surface area contributed by atoms with E-state index in [0.717, 1.165) is 5.56 Å². The molecule has 0 aliphatic rings. The zero-order valence-electron chi connectivity index (χ0n) is 10.8. The minimum absolute atomic E-state index is 0.0160. The van der Waals surface area contributed by atoms with Gasteiger partial charge in [-0.15, -0.1) is 10.2 Å². The highest BCUT2D eigenvalue weighted by molar-refractivity contribution is 5.86. The van der Waals surface area contributed by atoms with Gasteiger partial charge in [0.15, 0.2) is 6.61 Å². The molecular weight excluding hydrogens is 244 g/mol. The topological polar surface area (TPSA) is 65.2 Å². The van der Waals surface area contributed by atoms with Gasteiger partial charge in [-0.25, -0.2) is 4.79 Å². The summed E-state index contributed by atoms with van der Waals surface area (Å²) in [4.78, 5) is 11.5. The normalized spacial score (nSPS) is 10.8. The van der Waals surface area contributed by atoms with Gasteiger partial charge in [-0.1, -0.05) is 29.8 Å². The lowest BCUT2D eigenvalue weighted by molar-refractivity contribution is -0.139. The average Bonchev–Trinajstić information content (AvgIpc) is 2.81. The molecule has 0 spiro atoms. The van der Waals surface area contributed by atoms with Gasteiger partial charge in [0.2, 0.25) is 5.89 Å². The van der Waals surface area contributed by atoms with Crippen molar-refractivity contribution in [2.75, 3.05) is 0 Å². The molecule has 0 atom stereocenters. The van der Waals surface area contributed by atoms with Gasteiger partial charge in [0.1, 0.15) is 0 Å². The Kier molecular flexibility index (Phi) is 4.07. The number of hydrogen-bond acceptors (Lipinski definition) is 5. The molecule has 5 nitrogen and oxygen atoms in total. The molecule has 1 heterocycles. The molecule has 0 fully saturated rings. The number of hydrogen-bond donors (Lipinski definition) is 0. The SMILES string of the molecule is Cc1ccc(/C=C/C(=O)OCc2nnc(C)o2)cc1. The number of aromatic nitrogens is 2. The van der Waals surface area contributed by atoms with Gasteiger partial charge in [0.05, 0.1) is 0 Å². The molecule has 0 radical (unpaired) electrons. The lowest BCUT2D eigenvalue weighted by Crippen LogP contribution is -2.00. The Morgan fingerprint density at radius 1 is 1.26 bits per heavy atom. The smallest absolute Gasteiger partial charge is 0.331 e. The molecule has 1 aromatic heterocycles. The van der Waals surface area contributed by atoms with Crippen LogP contribution >= 0.6 is 0 Å². The van der Waals surface area contributed by atoms with Crippen molar-refractivity contribution < 1.29 is 13.9 Å². The summed E-state index contributed by atoms with van der Waals surface area (Å²) < 4.78 is 10.1. The minimum atomic E-state index is -0.448. The fourth-order valence-corrected chi connectivity index (χ4v) is 1.42. The molecular formula is C14H14N2O3. The summed E-state index contributed by atoms with van der Waals surface area (Å²) in [5, 5.41) is 7.37. The molecule has 0 aliphatic carbocycles. The summed E-state index contributed by atoms with van der Waals surface area (Å²) in [7, 11) is 0. The van der Waals surface area contributed by atoms with E-state index in [9.17, 15) is 4.79 Å². The molecule has 0 saturated carbocycles. The third-order valence-electron chi connectivity index (χ3n) is 2.39. The van der Waals surface area contributed by atoms with Crippen LogP contribution in [0.3, 0.4) is 0 Å². The minimum Gasteiger partial charge on any atom is -0.452 e. The number of rotatable bonds is 4. The molecule has 0 amide bonds. The molecule has 98 valence electrons. The first-order chi connectivity index (χ1) is 9.13. The monoisotopic (exact) mass is 258 g/mol. The second-order valence-electron chi connectivity index (χ2n) is 4.07. The molecule has 0 bridgehead atoms. The predicted octanol–water partition coefficient (Wildman–Crippen LogP) is 2.44. The Balaban J connectivity index is 1.85. The number of ether oxygens (including phenoxy) is 1. The number of carbonyl (C=O) groups is 1. The lowest BCUT2D eigenvalue weighted by atomic mass is 10.1. The molecule has 5 heteroatoms. The van der Waals surface area contributed by atoms with Crippen LogP contribution in [0.5, 0.6) is 0 Å². The van der Waals surface area contributed by atoms with E-state index in [4.69, 9.17) is 9.15 Å². The van der Waals surface area contributed by atoms with Crippen molar-refractivity contribution in [1.82, 2.24) is 10.2 Å². The van der Waals surface area contributed by atoms with Crippen LogP contribution in [-0.4, -0.2) is 16.2 Å². The van der Waals surface area contributed by atoms with E-state index in [1.54, 1.807) is 13.0 Å². The van der Waals surface area contributed by atoms with Crippen molar-refractivity contribution in [3.63, 3.8) is 0 Å². The molecule has 0 N–H and O–H groups in total. The highest BCUT2D eigenvalue weighted by Crippen LogP contribution is 2.05. The highest BCUT2D eigenvalue weighted by Gasteiger charge is 2.04. The highest BCUT2D eigenvalue weighted by atomic mass is 16.5. The fourth-order valence-electron chi connectivity index (χ4n) is 1.42. The Morgan fingerprint density at radius 3 is 2.63 bits per heavy atom. The second kappa shape index (κ2) is 5.95. The summed E-state index contributed by atoms with van der Waals surface area (Å²) >= 11 is 0. The van der Waals surface area contributed by atoms with Crippen LogP contribution in [0, 0.1) is 13.8 Å². The zero-order valence-corrected chi connectivity index (χ0v) is 10.8. The first-order valence-electron chi connectivity index (χ1n) is 5.84. The Hall–Kier alpha value is -2.43. The Morgan fingerprint density at radius 2 is 2.00 bits per heavy atom. The summed E-state index contributed by atoms with van der Waals surface area (Å²) in [6.45, 7) is 3.67. The maximum atomic E-state index is 11.5. The Labute approximate surface area is 110 Å². The fraction of sp³-hybridized carbons (Fsp3) is 0.214. The van der Waals surface area contributed by atoms with Gasteiger partial charge in [-0.2, -0.15) is 0 Å². The number of nitrogens with zero attached hydrogens (tertiary/aromatic N) is 2. The predicted molar refractivity (Wildman–Crippen MR) is 69.0 cm³/mol. The first-order valence-corrected chi connectivity index (χ1v) is 5.84. The van der Waals surface area contributed by atoms with E-state index in [2.05, 4.69) is 10.2 Å². The van der Waals surface area contributed by atoms with Gasteiger partial charge in [0, 0.05) is 13.0 Å². The zero-order chi connectivity index (χ0) is 13.7. The van der Waals surface area contributed by atoms with E-state index < -0.39 is 5.97 Å². The summed E-state index contributed by atoms with van der Waals surface area (Å²) in [5.41, 5.74) is 2.11. The van der Waals surface area contributed by atoms with E-state index in [0.29, 0.717) is 5.89 Å². The first kappa shape index (κ1) is 13.0. The number of carbonyl (C=O) groups excluding carboxylic acids is 1. The van der Waals surface area contributed by atoms with Gasteiger partial charge in [-0.3, -0.25) is 0 Å². The van der Waals surface area contributed by atoms with Crippen molar-refractivity contribution in [3.05, 3.63) is 53.2 Å². The molecule has 0 aliphatic heterocycles. The van der Waals surface area contributed by atoms with Crippen molar-refractivity contribution in [2.45, 2.75) is 20.5 Å². The van der Waals surface area contributed by atoms with Crippen LogP contribution in [0.15, 0.2) is 34.8 Å². The van der Waals surface area contributed by atoms with Gasteiger partial charge in [-0.05, 0) is 18.6 Å². The van der Waals surface area contributed by atoms with Crippen LogP contribution in [0.1, 0.15) is 22.9 Å². The van der Waals surface area contributed by atoms with Gasteiger partial charge >= 0.3 is 5.97 Å². The third-order valence-corrected chi connectivity index (χ3v) is 2.39. The van der Waals surface area contributed by atoms with Gasteiger partial charge < -0.3 is 9.15 Å². The number of esters is 1. The maximum absolute atomic E-state index is 11.5. The average molecular weight is 258 g/mol. The van der Waals surface area contributed by atoms with E-state index in [-0.39, 0.29) is 12.5 Å². The standard InChI is InChI=1S/C14H14N2O3/c1-10-3-5-12(6-4-10)7-8-14(17)18-9-13-16-15-11(2)19-13/h3-8H,9H2,1-2H3/b8-7+. The van der Waals surface area contributed by atoms with Crippen LogP contribution in [0.25, 0.3) is 6.08 Å². The molecule has 1 aromatic carbocycles. The molecule has 2 rings (SSSR count). The van der Waals surface area contributed by atoms with Crippen molar-refractivity contribution in [2.24, 2.45) is 0 Å². The van der Waals surface area contributed by atoms with Crippen molar-refractivity contribution in [3.8, 4) is 0 Å². The van der Waals surface area contributed by atoms with Gasteiger partial charge in [0.25, 0.3) is 5.89 Å². The summed E-state index contributed by atoms with van der Waals surface area (Å²) in [6, 6.07) is 7.82. The second-order valence-corrected chi connectivity index (χ2v) is 4.07. The van der Waals surface area contributed by atoms with E-state index in [1.165, 1.54) is 11.6 Å². The number of aryl methyl sites for hydroxylation is 2. The molecule has 0 unspecified atom stereocenters. The van der Waals surface area contributed by atoms with E-state index >= 15 is 0 Å². The lowest BCUT2D eigenvalue weighted by Gasteiger charge is -1.97. The number of benzene rings is 1. The van der Waals surface area contributed by atoms with Crippen molar-refractivity contribution >= 4 is 12.0 Å². The Bertz CT molecular complexity index is 585. The molecule has 0 saturated heterocycles. The largest absolute Gasteiger partial charge is 0.452 e. The van der Waals surface area contributed by atoms with Crippen molar-refractivity contribution in [1.29, 1.82) is 0 Å². The van der Waals surface area contributed by atoms with Crippen LogP contribution < -0.4 is 0 Å². The summed E-state index contributed by atoms with van der Waals surface area (Å²) in [5.74, 6) is 0.285. The van der Waals surface area contributed by atoms with E-state index in [1.807, 2.05) is 31.2 Å². The molecule has 2 aromatic rings. The van der Waals surface area contributed by atoms with Crippen LogP contribution in [0.2, 0.25) is 0 Å². The van der Waals surface area contributed by atoms with Crippen LogP contribution in [-0.2, 0) is 16.1 Å².